The van der Waals surface area contributed by atoms with E-state index in [0.29, 0.717) is 18.5 Å². The topological polar surface area (TPSA) is 96.3 Å². The zero-order valence-electron chi connectivity index (χ0n) is 17.5. The number of hydrogen-bond acceptors (Lipinski definition) is 4. The number of nitrogens with zero attached hydrogens (tertiary/aromatic N) is 3. The number of aromatic nitrogens is 2. The minimum absolute atomic E-state index is 0.297. The molecular weight excluding hydrogens is 394 g/mol. The van der Waals surface area contributed by atoms with Crippen LogP contribution in [-0.4, -0.2) is 38.2 Å². The van der Waals surface area contributed by atoms with Gasteiger partial charge >= 0.3 is 6.03 Å². The van der Waals surface area contributed by atoms with E-state index in [4.69, 9.17) is 0 Å². The SMILES string of the molecule is O=C(NN1C(=O)NC2(CCCCC2)C1=O)c1nn(-c2ccccc2)c2c1CCCCC2. The summed E-state index contributed by atoms with van der Waals surface area (Å²) in [5, 5.41) is 8.32. The van der Waals surface area contributed by atoms with E-state index in [1.165, 1.54) is 0 Å². The second-order valence-electron chi connectivity index (χ2n) is 8.74. The van der Waals surface area contributed by atoms with E-state index in [0.717, 1.165) is 73.3 Å². The molecule has 1 aromatic carbocycles. The van der Waals surface area contributed by atoms with E-state index < -0.39 is 17.5 Å². The van der Waals surface area contributed by atoms with Gasteiger partial charge in [0.05, 0.1) is 5.69 Å². The second-order valence-corrected chi connectivity index (χ2v) is 8.74. The van der Waals surface area contributed by atoms with Crippen LogP contribution in [0.1, 0.15) is 73.1 Å². The van der Waals surface area contributed by atoms with Crippen molar-refractivity contribution in [1.29, 1.82) is 0 Å². The summed E-state index contributed by atoms with van der Waals surface area (Å²) in [6.07, 6.45) is 8.80. The molecule has 2 aromatic rings. The van der Waals surface area contributed by atoms with Gasteiger partial charge in [0.25, 0.3) is 11.8 Å². The molecule has 3 aliphatic rings. The molecule has 0 radical (unpaired) electrons. The lowest BCUT2D eigenvalue weighted by Crippen LogP contribution is -2.51. The molecule has 8 heteroatoms. The maximum atomic E-state index is 13.2. The van der Waals surface area contributed by atoms with Crippen LogP contribution < -0.4 is 10.7 Å². The van der Waals surface area contributed by atoms with Crippen molar-refractivity contribution in [2.24, 2.45) is 0 Å². The predicted molar refractivity (Wildman–Crippen MR) is 113 cm³/mol. The molecular formula is C23H27N5O3. The first-order chi connectivity index (χ1) is 15.1. The van der Waals surface area contributed by atoms with Crippen molar-refractivity contribution in [3.63, 3.8) is 0 Å². The summed E-state index contributed by atoms with van der Waals surface area (Å²) in [6, 6.07) is 9.19. The summed E-state index contributed by atoms with van der Waals surface area (Å²) < 4.78 is 1.84. The summed E-state index contributed by atoms with van der Waals surface area (Å²) in [7, 11) is 0. The van der Waals surface area contributed by atoms with E-state index in [2.05, 4.69) is 15.8 Å². The van der Waals surface area contributed by atoms with Gasteiger partial charge in [-0.15, -0.1) is 0 Å². The van der Waals surface area contributed by atoms with Crippen LogP contribution in [0.25, 0.3) is 5.69 Å². The molecule has 1 spiro atoms. The Kier molecular flexibility index (Phi) is 5.00. The van der Waals surface area contributed by atoms with Gasteiger partial charge in [-0.05, 0) is 50.7 Å². The quantitative estimate of drug-likeness (QED) is 0.588. The van der Waals surface area contributed by atoms with Gasteiger partial charge in [0.2, 0.25) is 0 Å². The predicted octanol–water partition coefficient (Wildman–Crippen LogP) is 3.04. The Morgan fingerprint density at radius 2 is 1.68 bits per heavy atom. The van der Waals surface area contributed by atoms with Crippen LogP contribution in [0, 0.1) is 0 Å². The number of carbonyl (C=O) groups is 3. The zero-order chi connectivity index (χ0) is 21.4. The molecule has 1 aliphatic heterocycles. The number of nitrogens with one attached hydrogen (secondary N) is 2. The number of carbonyl (C=O) groups excluding carboxylic acids is 3. The summed E-state index contributed by atoms with van der Waals surface area (Å²) in [6.45, 7) is 0. The average molecular weight is 422 g/mol. The number of imide groups is 1. The van der Waals surface area contributed by atoms with Gasteiger partial charge in [-0.25, -0.2) is 9.48 Å². The van der Waals surface area contributed by atoms with E-state index in [1.807, 2.05) is 35.0 Å². The number of amides is 4. The van der Waals surface area contributed by atoms with Crippen LogP contribution in [0.2, 0.25) is 0 Å². The van der Waals surface area contributed by atoms with Crippen molar-refractivity contribution in [2.75, 3.05) is 0 Å². The highest BCUT2D eigenvalue weighted by Gasteiger charge is 2.52. The maximum absolute atomic E-state index is 13.2. The van der Waals surface area contributed by atoms with Crippen molar-refractivity contribution in [3.05, 3.63) is 47.3 Å². The van der Waals surface area contributed by atoms with Gasteiger partial charge in [0.15, 0.2) is 5.69 Å². The molecule has 2 fully saturated rings. The molecule has 1 saturated heterocycles. The fraction of sp³-hybridized carbons (Fsp3) is 0.478. The summed E-state index contributed by atoms with van der Waals surface area (Å²) in [5.74, 6) is -0.872. The number of hydrazine groups is 1. The van der Waals surface area contributed by atoms with Gasteiger partial charge < -0.3 is 5.32 Å². The lowest BCUT2D eigenvalue weighted by molar-refractivity contribution is -0.134. The van der Waals surface area contributed by atoms with Crippen molar-refractivity contribution in [1.82, 2.24) is 25.5 Å². The molecule has 0 unspecified atom stereocenters. The second kappa shape index (κ2) is 7.83. The first kappa shape index (κ1) is 19.8. The third-order valence-electron chi connectivity index (χ3n) is 6.73. The number of para-hydroxylation sites is 1. The first-order valence-corrected chi connectivity index (χ1v) is 11.2. The molecule has 162 valence electrons. The lowest BCUT2D eigenvalue weighted by Gasteiger charge is -2.30. The smallest absolute Gasteiger partial charge is 0.322 e. The average Bonchev–Trinajstić information content (AvgIpc) is 3.12. The third kappa shape index (κ3) is 3.40. The molecule has 2 N–H and O–H groups in total. The Bertz CT molecular complexity index is 1020. The van der Waals surface area contributed by atoms with E-state index in [9.17, 15) is 14.4 Å². The van der Waals surface area contributed by atoms with Gasteiger partial charge in [0, 0.05) is 11.3 Å². The third-order valence-corrected chi connectivity index (χ3v) is 6.73. The largest absolute Gasteiger partial charge is 0.344 e. The molecule has 5 rings (SSSR count). The molecule has 0 atom stereocenters. The van der Waals surface area contributed by atoms with Crippen LogP contribution in [0.5, 0.6) is 0 Å². The Balaban J connectivity index is 1.45. The van der Waals surface area contributed by atoms with Gasteiger partial charge in [-0.1, -0.05) is 43.9 Å². The van der Waals surface area contributed by atoms with Crippen LogP contribution >= 0.6 is 0 Å². The maximum Gasteiger partial charge on any atom is 0.344 e. The van der Waals surface area contributed by atoms with Gasteiger partial charge in [-0.2, -0.15) is 10.1 Å². The highest BCUT2D eigenvalue weighted by Crippen LogP contribution is 2.33. The molecule has 1 aromatic heterocycles. The first-order valence-electron chi connectivity index (χ1n) is 11.2. The van der Waals surface area contributed by atoms with Crippen molar-refractivity contribution < 1.29 is 14.4 Å². The van der Waals surface area contributed by atoms with Gasteiger partial charge in [-0.3, -0.25) is 15.0 Å². The Labute approximate surface area is 181 Å². The fourth-order valence-electron chi connectivity index (χ4n) is 5.11. The van der Waals surface area contributed by atoms with Crippen LogP contribution in [-0.2, 0) is 17.6 Å². The summed E-state index contributed by atoms with van der Waals surface area (Å²) in [5.41, 5.74) is 4.83. The molecule has 8 nitrogen and oxygen atoms in total. The number of rotatable bonds is 3. The monoisotopic (exact) mass is 421 g/mol. The molecule has 31 heavy (non-hydrogen) atoms. The molecule has 0 bridgehead atoms. The Hall–Kier alpha value is -3.16. The number of benzene rings is 1. The van der Waals surface area contributed by atoms with E-state index in [-0.39, 0.29) is 5.91 Å². The minimum atomic E-state index is -0.872. The van der Waals surface area contributed by atoms with Gasteiger partial charge in [0.1, 0.15) is 5.54 Å². The van der Waals surface area contributed by atoms with Crippen molar-refractivity contribution in [2.45, 2.75) is 69.7 Å². The fourth-order valence-corrected chi connectivity index (χ4v) is 5.11. The van der Waals surface area contributed by atoms with E-state index in [1.54, 1.807) is 0 Å². The normalized spacial score (nSPS) is 20.3. The van der Waals surface area contributed by atoms with Crippen molar-refractivity contribution in [3.8, 4) is 5.69 Å². The number of hydrogen-bond donors (Lipinski definition) is 2. The molecule has 2 heterocycles. The highest BCUT2D eigenvalue weighted by molar-refractivity contribution is 6.09. The lowest BCUT2D eigenvalue weighted by atomic mass is 9.82. The van der Waals surface area contributed by atoms with E-state index >= 15 is 0 Å². The Morgan fingerprint density at radius 1 is 0.968 bits per heavy atom. The standard InChI is InChI=1S/C23H27N5O3/c29-20(26-28-21(30)23(24-22(28)31)14-8-3-9-15-23)19-17-12-6-2-7-13-18(17)27(25-19)16-10-4-1-5-11-16/h1,4-5,10-11H,2-3,6-9,12-15H2,(H,24,31)(H,26,29). The molecule has 1 saturated carbocycles. The molecule has 2 aliphatic carbocycles. The van der Waals surface area contributed by atoms with Crippen molar-refractivity contribution >= 4 is 17.8 Å². The highest BCUT2D eigenvalue weighted by atomic mass is 16.2. The van der Waals surface area contributed by atoms with Crippen LogP contribution in [0.4, 0.5) is 4.79 Å². The van der Waals surface area contributed by atoms with Crippen LogP contribution in [0.15, 0.2) is 30.3 Å². The minimum Gasteiger partial charge on any atom is -0.322 e. The molecule has 4 amide bonds. The van der Waals surface area contributed by atoms with Crippen LogP contribution in [0.3, 0.4) is 0 Å². The number of fused-ring (bicyclic) bond motifs is 1. The Morgan fingerprint density at radius 3 is 2.45 bits per heavy atom. The summed E-state index contributed by atoms with van der Waals surface area (Å²) in [4.78, 5) is 38.8. The zero-order valence-corrected chi connectivity index (χ0v) is 17.5. The number of urea groups is 1. The summed E-state index contributed by atoms with van der Waals surface area (Å²) >= 11 is 0.